The van der Waals surface area contributed by atoms with E-state index in [-0.39, 0.29) is 5.91 Å². The molecule has 0 spiro atoms. The molecule has 1 aromatic heterocycles. The number of amides is 1. The topological polar surface area (TPSA) is 79.4 Å². The van der Waals surface area contributed by atoms with E-state index < -0.39 is 6.10 Å². The lowest BCUT2D eigenvalue weighted by molar-refractivity contribution is -0.125. The maximum atomic E-state index is 11.9. The van der Waals surface area contributed by atoms with Crippen molar-refractivity contribution in [3.8, 4) is 0 Å². The highest BCUT2D eigenvalue weighted by Crippen LogP contribution is 2.17. The van der Waals surface area contributed by atoms with E-state index in [0.717, 1.165) is 11.3 Å². The number of hydrogen-bond acceptors (Lipinski definition) is 4. The largest absolute Gasteiger partial charge is 0.382 e. The monoisotopic (exact) mass is 256 g/mol. The molecule has 0 bridgehead atoms. The van der Waals surface area contributed by atoms with Gasteiger partial charge in [-0.1, -0.05) is 35.5 Å². The molecule has 1 aromatic carbocycles. The van der Waals surface area contributed by atoms with E-state index in [1.54, 1.807) is 12.4 Å². The fourth-order valence-electron chi connectivity index (χ4n) is 1.85. The molecule has 1 unspecified atom stereocenters. The Balaban J connectivity index is 1.63. The standard InChI is InChI=1S/C13H12N4O2/c18-12(16-13-14-6-7-15-13)11-8-10(17-19-11)9-4-2-1-3-5-9/h1-7,11H,8H2,(H2,14,15,16,18). The number of aromatic nitrogens is 2. The Hall–Kier alpha value is -2.63. The predicted octanol–water partition coefficient (Wildman–Crippen LogP) is 1.54. The first-order chi connectivity index (χ1) is 9.33. The number of anilines is 1. The van der Waals surface area contributed by atoms with Crippen LogP contribution < -0.4 is 5.32 Å². The Morgan fingerprint density at radius 1 is 1.37 bits per heavy atom. The van der Waals surface area contributed by atoms with Gasteiger partial charge in [-0.05, 0) is 5.56 Å². The molecule has 6 nitrogen and oxygen atoms in total. The highest BCUT2D eigenvalue weighted by molar-refractivity contribution is 6.05. The Morgan fingerprint density at radius 2 is 2.21 bits per heavy atom. The van der Waals surface area contributed by atoms with Crippen LogP contribution in [0.1, 0.15) is 12.0 Å². The van der Waals surface area contributed by atoms with Crippen LogP contribution in [0.15, 0.2) is 47.9 Å². The first-order valence-electron chi connectivity index (χ1n) is 5.91. The summed E-state index contributed by atoms with van der Waals surface area (Å²) in [6.45, 7) is 0. The summed E-state index contributed by atoms with van der Waals surface area (Å²) < 4.78 is 0. The van der Waals surface area contributed by atoms with Crippen LogP contribution in [0, 0.1) is 0 Å². The number of hydrogen-bond donors (Lipinski definition) is 2. The zero-order valence-electron chi connectivity index (χ0n) is 10.0. The highest BCUT2D eigenvalue weighted by Gasteiger charge is 2.29. The third kappa shape index (κ3) is 2.47. The van der Waals surface area contributed by atoms with Crippen molar-refractivity contribution in [3.05, 3.63) is 48.3 Å². The number of carbonyl (C=O) groups is 1. The minimum atomic E-state index is -0.611. The predicted molar refractivity (Wildman–Crippen MR) is 69.7 cm³/mol. The molecule has 0 fully saturated rings. The van der Waals surface area contributed by atoms with E-state index in [2.05, 4.69) is 20.4 Å². The van der Waals surface area contributed by atoms with Gasteiger partial charge in [-0.3, -0.25) is 10.1 Å². The lowest BCUT2D eigenvalue weighted by atomic mass is 10.1. The number of rotatable bonds is 3. The van der Waals surface area contributed by atoms with Gasteiger partial charge >= 0.3 is 0 Å². The number of oxime groups is 1. The number of imidazole rings is 1. The fraction of sp³-hybridized carbons (Fsp3) is 0.154. The average molecular weight is 256 g/mol. The Morgan fingerprint density at radius 3 is 2.95 bits per heavy atom. The number of nitrogens with zero attached hydrogens (tertiary/aromatic N) is 2. The van der Waals surface area contributed by atoms with Crippen LogP contribution in [0.3, 0.4) is 0 Å². The summed E-state index contributed by atoms with van der Waals surface area (Å²) in [5.41, 5.74) is 1.75. The molecule has 0 aliphatic carbocycles. The van der Waals surface area contributed by atoms with Crippen LogP contribution in [0.4, 0.5) is 5.95 Å². The second-order valence-corrected chi connectivity index (χ2v) is 4.13. The molecule has 1 aliphatic rings. The normalized spacial score (nSPS) is 17.7. The number of carbonyl (C=O) groups excluding carboxylic acids is 1. The molecule has 0 saturated carbocycles. The zero-order valence-corrected chi connectivity index (χ0v) is 10.0. The van der Waals surface area contributed by atoms with Crippen molar-refractivity contribution in [3.63, 3.8) is 0 Å². The van der Waals surface area contributed by atoms with Crippen LogP contribution in [0.5, 0.6) is 0 Å². The van der Waals surface area contributed by atoms with Crippen LogP contribution in [0.2, 0.25) is 0 Å². The number of H-pyrrole nitrogens is 1. The third-order valence-corrected chi connectivity index (χ3v) is 2.81. The number of aromatic amines is 1. The molecule has 1 aliphatic heterocycles. The molecule has 19 heavy (non-hydrogen) atoms. The van der Waals surface area contributed by atoms with Gasteiger partial charge in [-0.15, -0.1) is 0 Å². The second kappa shape index (κ2) is 4.93. The first kappa shape index (κ1) is 11.5. The Bertz CT molecular complexity index is 592. The fourth-order valence-corrected chi connectivity index (χ4v) is 1.85. The zero-order chi connectivity index (χ0) is 13.1. The Kier molecular flexibility index (Phi) is 2.97. The van der Waals surface area contributed by atoms with E-state index in [9.17, 15) is 4.79 Å². The van der Waals surface area contributed by atoms with E-state index in [1.807, 2.05) is 30.3 Å². The van der Waals surface area contributed by atoms with Gasteiger partial charge in [-0.25, -0.2) is 4.98 Å². The van der Waals surface area contributed by atoms with E-state index in [1.165, 1.54) is 0 Å². The lowest BCUT2D eigenvalue weighted by Crippen LogP contribution is -2.28. The first-order valence-corrected chi connectivity index (χ1v) is 5.91. The maximum absolute atomic E-state index is 11.9. The molecule has 1 amide bonds. The van der Waals surface area contributed by atoms with E-state index >= 15 is 0 Å². The summed E-state index contributed by atoms with van der Waals surface area (Å²) in [6, 6.07) is 9.66. The van der Waals surface area contributed by atoms with Crippen molar-refractivity contribution in [2.45, 2.75) is 12.5 Å². The summed E-state index contributed by atoms with van der Waals surface area (Å²) in [4.78, 5) is 23.8. The van der Waals surface area contributed by atoms with Gasteiger partial charge in [0.25, 0.3) is 5.91 Å². The van der Waals surface area contributed by atoms with Gasteiger partial charge < -0.3 is 9.82 Å². The minimum absolute atomic E-state index is 0.260. The average Bonchev–Trinajstić information content (AvgIpc) is 3.10. The van der Waals surface area contributed by atoms with E-state index in [4.69, 9.17) is 4.84 Å². The summed E-state index contributed by atoms with van der Waals surface area (Å²) in [6.07, 6.45) is 3.05. The molecule has 2 aromatic rings. The van der Waals surface area contributed by atoms with E-state index in [0.29, 0.717) is 12.4 Å². The number of nitrogens with one attached hydrogen (secondary N) is 2. The molecule has 3 rings (SSSR count). The van der Waals surface area contributed by atoms with Crippen molar-refractivity contribution in [1.82, 2.24) is 9.97 Å². The van der Waals surface area contributed by atoms with Gasteiger partial charge in [0.2, 0.25) is 12.1 Å². The quantitative estimate of drug-likeness (QED) is 0.874. The van der Waals surface area contributed by atoms with Crippen LogP contribution in [-0.2, 0) is 9.63 Å². The molecular weight excluding hydrogens is 244 g/mol. The molecule has 6 heteroatoms. The van der Waals surface area contributed by atoms with Crippen LogP contribution in [-0.4, -0.2) is 27.7 Å². The molecule has 2 heterocycles. The lowest BCUT2D eigenvalue weighted by Gasteiger charge is -2.06. The third-order valence-electron chi connectivity index (χ3n) is 2.81. The molecular formula is C13H12N4O2. The summed E-state index contributed by atoms with van der Waals surface area (Å²) in [5.74, 6) is 0.145. The molecule has 1 atom stereocenters. The Labute approximate surface area is 109 Å². The molecule has 0 saturated heterocycles. The summed E-state index contributed by atoms with van der Waals surface area (Å²) in [7, 11) is 0. The molecule has 2 N–H and O–H groups in total. The highest BCUT2D eigenvalue weighted by atomic mass is 16.6. The maximum Gasteiger partial charge on any atom is 0.271 e. The van der Waals surface area contributed by atoms with Crippen molar-refractivity contribution < 1.29 is 9.63 Å². The van der Waals surface area contributed by atoms with Crippen molar-refractivity contribution in [2.24, 2.45) is 5.16 Å². The summed E-state index contributed by atoms with van der Waals surface area (Å²) >= 11 is 0. The summed E-state index contributed by atoms with van der Waals surface area (Å²) in [5, 5.41) is 6.59. The van der Waals surface area contributed by atoms with Gasteiger partial charge in [0.15, 0.2) is 0 Å². The van der Waals surface area contributed by atoms with Crippen molar-refractivity contribution in [1.29, 1.82) is 0 Å². The second-order valence-electron chi connectivity index (χ2n) is 4.13. The molecule has 0 radical (unpaired) electrons. The van der Waals surface area contributed by atoms with Gasteiger partial charge in [0, 0.05) is 18.8 Å². The smallest absolute Gasteiger partial charge is 0.271 e. The number of benzene rings is 1. The van der Waals surface area contributed by atoms with Crippen LogP contribution in [0.25, 0.3) is 0 Å². The van der Waals surface area contributed by atoms with Crippen molar-refractivity contribution >= 4 is 17.6 Å². The minimum Gasteiger partial charge on any atom is -0.382 e. The SMILES string of the molecule is O=C(Nc1ncc[nH]1)C1CC(c2ccccc2)=NO1. The van der Waals surface area contributed by atoms with Gasteiger partial charge in [0.1, 0.15) is 0 Å². The van der Waals surface area contributed by atoms with Gasteiger partial charge in [-0.2, -0.15) is 0 Å². The molecule has 96 valence electrons. The van der Waals surface area contributed by atoms with Gasteiger partial charge in [0.05, 0.1) is 5.71 Å². The van der Waals surface area contributed by atoms with Crippen molar-refractivity contribution in [2.75, 3.05) is 5.32 Å². The van der Waals surface area contributed by atoms with Crippen LogP contribution >= 0.6 is 0 Å².